The molecule has 1 heterocycles. The summed E-state index contributed by atoms with van der Waals surface area (Å²) in [5, 5.41) is 41.0. The van der Waals surface area contributed by atoms with E-state index in [4.69, 9.17) is 4.74 Å². The zero-order valence-electron chi connectivity index (χ0n) is 10.8. The van der Waals surface area contributed by atoms with E-state index in [1.54, 1.807) is 13.8 Å². The minimum atomic E-state index is -2.07. The lowest BCUT2D eigenvalue weighted by molar-refractivity contribution is -0.181. The van der Waals surface area contributed by atoms with Crippen LogP contribution in [-0.2, 0) is 4.74 Å². The van der Waals surface area contributed by atoms with Crippen molar-refractivity contribution in [1.29, 1.82) is 0 Å². The van der Waals surface area contributed by atoms with Gasteiger partial charge >= 0.3 is 0 Å². The lowest BCUT2D eigenvalue weighted by Gasteiger charge is -2.29. The van der Waals surface area contributed by atoms with Crippen LogP contribution in [0.2, 0.25) is 0 Å². The van der Waals surface area contributed by atoms with Gasteiger partial charge in [0.25, 0.3) is 0 Å². The first-order chi connectivity index (χ1) is 7.91. The molecule has 1 saturated heterocycles. The summed E-state index contributed by atoms with van der Waals surface area (Å²) in [6.45, 7) is 6.23. The molecule has 6 heteroatoms. The van der Waals surface area contributed by atoms with Gasteiger partial charge in [-0.3, -0.25) is 0 Å². The fourth-order valence-corrected chi connectivity index (χ4v) is 3.85. The van der Waals surface area contributed by atoms with E-state index in [2.05, 4.69) is 0 Å². The highest BCUT2D eigenvalue weighted by Gasteiger charge is 2.98. The number of aliphatic hydroxyl groups is 4. The molecule has 0 radical (unpaired) electrons. The maximum absolute atomic E-state index is 13.8. The maximum atomic E-state index is 13.8. The molecule has 0 spiro atoms. The Balaban J connectivity index is 2.04. The van der Waals surface area contributed by atoms with Gasteiger partial charge in [-0.1, -0.05) is 27.7 Å². The summed E-state index contributed by atoms with van der Waals surface area (Å²) in [7, 11) is 0. The zero-order chi connectivity index (χ0) is 13.9. The SMILES string of the molecule is CC1(C)C(O)[C@@]1(O)[C@H]1OC(F)[C@]2(O)C(C)(C)[C@]12O. The molecule has 104 valence electrons. The van der Waals surface area contributed by atoms with Crippen LogP contribution in [0.4, 0.5) is 4.39 Å². The number of halogens is 1. The van der Waals surface area contributed by atoms with Crippen LogP contribution in [0.25, 0.3) is 0 Å². The first-order valence-corrected chi connectivity index (χ1v) is 6.06. The third-order valence-electron chi connectivity index (χ3n) is 5.84. The Labute approximate surface area is 104 Å². The Morgan fingerprint density at radius 1 is 1.00 bits per heavy atom. The van der Waals surface area contributed by atoms with Crippen LogP contribution in [0.5, 0.6) is 0 Å². The summed E-state index contributed by atoms with van der Waals surface area (Å²) < 4.78 is 18.8. The Morgan fingerprint density at radius 3 is 1.72 bits per heavy atom. The van der Waals surface area contributed by atoms with Gasteiger partial charge in [0.2, 0.25) is 6.36 Å². The van der Waals surface area contributed by atoms with Gasteiger partial charge in [0.05, 0.1) is 6.10 Å². The van der Waals surface area contributed by atoms with Gasteiger partial charge in [0.15, 0.2) is 5.60 Å². The highest BCUT2D eigenvalue weighted by atomic mass is 19.1. The van der Waals surface area contributed by atoms with Gasteiger partial charge in [-0.05, 0) is 0 Å². The third kappa shape index (κ3) is 0.790. The van der Waals surface area contributed by atoms with Crippen LogP contribution >= 0.6 is 0 Å². The molecule has 3 fully saturated rings. The Kier molecular flexibility index (Phi) is 1.86. The lowest BCUT2D eigenvalue weighted by Crippen LogP contribution is -2.47. The average molecular weight is 262 g/mol. The fraction of sp³-hybridized carbons (Fsp3) is 1.00. The van der Waals surface area contributed by atoms with Crippen molar-refractivity contribution >= 4 is 0 Å². The molecule has 2 aliphatic carbocycles. The van der Waals surface area contributed by atoms with Gasteiger partial charge < -0.3 is 25.2 Å². The first kappa shape index (κ1) is 12.7. The topological polar surface area (TPSA) is 90.2 Å². The highest BCUT2D eigenvalue weighted by Crippen LogP contribution is 2.77. The summed E-state index contributed by atoms with van der Waals surface area (Å²) in [5.41, 5.74) is -7.69. The van der Waals surface area contributed by atoms with E-state index >= 15 is 0 Å². The molecule has 0 aromatic rings. The van der Waals surface area contributed by atoms with Crippen LogP contribution < -0.4 is 0 Å². The van der Waals surface area contributed by atoms with Crippen LogP contribution in [0.3, 0.4) is 0 Å². The molecule has 1 aliphatic heterocycles. The number of alkyl halides is 1. The number of ether oxygens (including phenoxy) is 1. The normalized spacial score (nSPS) is 63.5. The van der Waals surface area contributed by atoms with Crippen LogP contribution in [0.15, 0.2) is 0 Å². The predicted octanol–water partition coefficient (Wildman–Crippen LogP) is -0.685. The quantitative estimate of drug-likeness (QED) is 0.502. The van der Waals surface area contributed by atoms with Crippen molar-refractivity contribution in [2.75, 3.05) is 0 Å². The second-order valence-electron chi connectivity index (χ2n) is 6.94. The number of hydrogen-bond donors (Lipinski definition) is 4. The standard InChI is InChI=1S/C12H19FO5/c1-8(2)5(14)10(8,15)6-11(16)9(3,4)12(11,17)7(13)18-6/h5-7,14-17H,1-4H3/t5?,6-,7?,10-,11-,12+/m1/s1. The third-order valence-corrected chi connectivity index (χ3v) is 5.84. The van der Waals surface area contributed by atoms with Crippen molar-refractivity contribution in [3.05, 3.63) is 0 Å². The second kappa shape index (κ2) is 2.62. The molecule has 0 aromatic carbocycles. The predicted molar refractivity (Wildman–Crippen MR) is 58.2 cm³/mol. The van der Waals surface area contributed by atoms with E-state index in [0.29, 0.717) is 0 Å². The molecule has 2 unspecified atom stereocenters. The van der Waals surface area contributed by atoms with E-state index in [-0.39, 0.29) is 0 Å². The molecule has 4 N–H and O–H groups in total. The van der Waals surface area contributed by atoms with Crippen molar-refractivity contribution in [2.24, 2.45) is 10.8 Å². The largest absolute Gasteiger partial charge is 0.389 e. The minimum absolute atomic E-state index is 0.906. The number of hydrogen-bond acceptors (Lipinski definition) is 5. The van der Waals surface area contributed by atoms with E-state index in [0.717, 1.165) is 0 Å². The van der Waals surface area contributed by atoms with Gasteiger partial charge in [-0.2, -0.15) is 0 Å². The molecule has 0 aromatic heterocycles. The van der Waals surface area contributed by atoms with Gasteiger partial charge in [0, 0.05) is 10.8 Å². The maximum Gasteiger partial charge on any atom is 0.232 e. The summed E-state index contributed by atoms with van der Waals surface area (Å²) in [4.78, 5) is 0. The van der Waals surface area contributed by atoms with Crippen molar-refractivity contribution < 1.29 is 29.6 Å². The number of rotatable bonds is 1. The summed E-state index contributed by atoms with van der Waals surface area (Å²) in [6, 6.07) is 0. The molecule has 0 bridgehead atoms. The number of fused-ring (bicyclic) bond motifs is 1. The van der Waals surface area contributed by atoms with Crippen molar-refractivity contribution in [3.63, 3.8) is 0 Å². The summed E-state index contributed by atoms with van der Waals surface area (Å²) >= 11 is 0. The molecule has 3 aliphatic rings. The fourth-order valence-electron chi connectivity index (χ4n) is 3.85. The molecule has 0 amide bonds. The first-order valence-electron chi connectivity index (χ1n) is 6.06. The zero-order valence-corrected chi connectivity index (χ0v) is 10.8. The van der Waals surface area contributed by atoms with Crippen LogP contribution in [0, 0.1) is 10.8 Å². The van der Waals surface area contributed by atoms with Gasteiger partial charge in [0.1, 0.15) is 17.3 Å². The minimum Gasteiger partial charge on any atom is -0.389 e. The molecular weight excluding hydrogens is 243 g/mol. The van der Waals surface area contributed by atoms with Crippen LogP contribution in [-0.4, -0.2) is 55.8 Å². The smallest absolute Gasteiger partial charge is 0.232 e. The molecule has 5 nitrogen and oxygen atoms in total. The van der Waals surface area contributed by atoms with E-state index in [1.807, 2.05) is 0 Å². The Hall–Kier alpha value is -0.270. The Bertz CT molecular complexity index is 438. The molecule has 18 heavy (non-hydrogen) atoms. The lowest BCUT2D eigenvalue weighted by atomic mass is 9.92. The van der Waals surface area contributed by atoms with E-state index < -0.39 is 46.2 Å². The van der Waals surface area contributed by atoms with Crippen molar-refractivity contribution in [3.8, 4) is 0 Å². The average Bonchev–Trinajstić information content (AvgIpc) is 2.73. The molecular formula is C12H19FO5. The monoisotopic (exact) mass is 262 g/mol. The van der Waals surface area contributed by atoms with E-state index in [1.165, 1.54) is 13.8 Å². The highest BCUT2D eigenvalue weighted by molar-refractivity contribution is 5.45. The molecule has 2 saturated carbocycles. The van der Waals surface area contributed by atoms with Gasteiger partial charge in [-0.25, -0.2) is 4.39 Å². The van der Waals surface area contributed by atoms with Gasteiger partial charge in [-0.15, -0.1) is 0 Å². The van der Waals surface area contributed by atoms with Crippen molar-refractivity contribution in [1.82, 2.24) is 0 Å². The van der Waals surface area contributed by atoms with E-state index in [9.17, 15) is 24.8 Å². The molecule has 3 rings (SSSR count). The van der Waals surface area contributed by atoms with Crippen LogP contribution in [0.1, 0.15) is 27.7 Å². The Morgan fingerprint density at radius 2 is 1.44 bits per heavy atom. The number of aliphatic hydroxyl groups excluding tert-OH is 1. The second-order valence-corrected chi connectivity index (χ2v) is 6.94. The summed E-state index contributed by atoms with van der Waals surface area (Å²) in [5.74, 6) is 0. The van der Waals surface area contributed by atoms with Crippen molar-refractivity contribution in [2.45, 2.75) is 63.1 Å². The molecule has 6 atom stereocenters. The summed E-state index contributed by atoms with van der Waals surface area (Å²) in [6.07, 6.45) is -4.54.